The highest BCUT2D eigenvalue weighted by molar-refractivity contribution is 7.92. The van der Waals surface area contributed by atoms with Crippen molar-refractivity contribution in [1.82, 2.24) is 5.48 Å². The standard InChI is InChI=1S/C20H23NO6S/c1-15-2-4-16(5-3-15)27-17-6-8-18(9-7-17)28(24,25)20(14-19(22)21-23)10-12-26-13-11-20/h2-9,23H,10-14H2,1H3,(H,21,22). The molecule has 8 heteroatoms. The molecule has 2 N–H and O–H groups in total. The highest BCUT2D eigenvalue weighted by atomic mass is 32.2. The normalized spacial score (nSPS) is 16.4. The van der Waals surface area contributed by atoms with Crippen LogP contribution in [0.25, 0.3) is 0 Å². The van der Waals surface area contributed by atoms with Gasteiger partial charge in [-0.2, -0.15) is 0 Å². The molecule has 0 aromatic heterocycles. The van der Waals surface area contributed by atoms with Crippen LogP contribution in [0.2, 0.25) is 0 Å². The van der Waals surface area contributed by atoms with Crippen LogP contribution in [0.15, 0.2) is 53.4 Å². The molecule has 1 saturated heterocycles. The number of rotatable bonds is 6. The second-order valence-electron chi connectivity index (χ2n) is 6.90. The van der Waals surface area contributed by atoms with Crippen molar-refractivity contribution in [3.05, 3.63) is 54.1 Å². The molecule has 2 aromatic rings. The van der Waals surface area contributed by atoms with Crippen LogP contribution >= 0.6 is 0 Å². The van der Waals surface area contributed by atoms with E-state index in [0.29, 0.717) is 11.5 Å². The van der Waals surface area contributed by atoms with E-state index < -0.39 is 20.5 Å². The molecule has 3 rings (SSSR count). The van der Waals surface area contributed by atoms with Gasteiger partial charge >= 0.3 is 0 Å². The van der Waals surface area contributed by atoms with Crippen LogP contribution in [0.5, 0.6) is 11.5 Å². The average molecular weight is 405 g/mol. The van der Waals surface area contributed by atoms with Gasteiger partial charge < -0.3 is 9.47 Å². The van der Waals surface area contributed by atoms with Gasteiger partial charge in [0.25, 0.3) is 0 Å². The molecule has 0 spiro atoms. The first-order valence-corrected chi connectivity index (χ1v) is 10.4. The maximum atomic E-state index is 13.3. The second kappa shape index (κ2) is 8.30. The Labute approximate surface area is 164 Å². The summed E-state index contributed by atoms with van der Waals surface area (Å²) in [4.78, 5) is 11.9. The minimum atomic E-state index is -3.83. The third kappa shape index (κ3) is 4.19. The lowest BCUT2D eigenvalue weighted by molar-refractivity contribution is -0.130. The molecular weight excluding hydrogens is 382 g/mol. The number of carbonyl (C=O) groups is 1. The molecule has 1 amide bonds. The molecule has 1 aliphatic rings. The number of hydrogen-bond acceptors (Lipinski definition) is 6. The molecule has 28 heavy (non-hydrogen) atoms. The molecule has 0 aliphatic carbocycles. The topological polar surface area (TPSA) is 102 Å². The molecule has 1 fully saturated rings. The largest absolute Gasteiger partial charge is 0.457 e. The van der Waals surface area contributed by atoms with Crippen LogP contribution in [-0.4, -0.2) is 37.5 Å². The molecular formula is C20H23NO6S. The van der Waals surface area contributed by atoms with Crippen molar-refractivity contribution < 1.29 is 27.9 Å². The molecule has 0 saturated carbocycles. The summed E-state index contributed by atoms with van der Waals surface area (Å²) in [5, 5.41) is 8.87. The number of nitrogens with one attached hydrogen (secondary N) is 1. The Kier molecular flexibility index (Phi) is 6.02. The lowest BCUT2D eigenvalue weighted by Gasteiger charge is -2.35. The summed E-state index contributed by atoms with van der Waals surface area (Å²) in [6.45, 7) is 2.46. The summed E-state index contributed by atoms with van der Waals surface area (Å²) in [5.41, 5.74) is 2.65. The van der Waals surface area contributed by atoms with Gasteiger partial charge in [0.2, 0.25) is 5.91 Å². The van der Waals surface area contributed by atoms with Crippen LogP contribution < -0.4 is 10.2 Å². The van der Waals surface area contributed by atoms with Gasteiger partial charge in [-0.3, -0.25) is 10.0 Å². The third-order valence-corrected chi connectivity index (χ3v) is 7.56. The first kappa shape index (κ1) is 20.3. The summed E-state index contributed by atoms with van der Waals surface area (Å²) in [6, 6.07) is 13.7. The minimum Gasteiger partial charge on any atom is -0.457 e. The SMILES string of the molecule is Cc1ccc(Oc2ccc(S(=O)(=O)C3(CC(=O)NO)CCOCC3)cc2)cc1. The van der Waals surface area contributed by atoms with Gasteiger partial charge in [0.05, 0.1) is 9.64 Å². The number of aryl methyl sites for hydroxylation is 1. The van der Waals surface area contributed by atoms with Crippen molar-refractivity contribution in [1.29, 1.82) is 0 Å². The fourth-order valence-corrected chi connectivity index (χ4v) is 5.31. The Balaban J connectivity index is 1.85. The summed E-state index contributed by atoms with van der Waals surface area (Å²) < 4.78 is 36.3. The highest BCUT2D eigenvalue weighted by Crippen LogP contribution is 2.38. The number of hydrogen-bond donors (Lipinski definition) is 2. The van der Waals surface area contributed by atoms with Crippen LogP contribution in [-0.2, 0) is 19.4 Å². The summed E-state index contributed by atoms with van der Waals surface area (Å²) in [6.07, 6.45) is 0.0472. The van der Waals surface area contributed by atoms with E-state index >= 15 is 0 Å². The van der Waals surface area contributed by atoms with Crippen molar-refractivity contribution in [3.8, 4) is 11.5 Å². The van der Waals surface area contributed by atoms with E-state index in [1.807, 2.05) is 31.2 Å². The Morgan fingerprint density at radius 2 is 1.61 bits per heavy atom. The lowest BCUT2D eigenvalue weighted by Crippen LogP contribution is -2.47. The number of benzene rings is 2. The monoisotopic (exact) mass is 405 g/mol. The van der Waals surface area contributed by atoms with E-state index in [2.05, 4.69) is 0 Å². The number of amides is 1. The molecule has 150 valence electrons. The molecule has 0 bridgehead atoms. The Morgan fingerprint density at radius 1 is 1.07 bits per heavy atom. The second-order valence-corrected chi connectivity index (χ2v) is 9.24. The van der Waals surface area contributed by atoms with Gasteiger partial charge in [-0.05, 0) is 56.2 Å². The molecule has 0 radical (unpaired) electrons. The van der Waals surface area contributed by atoms with Crippen molar-refractivity contribution in [2.75, 3.05) is 13.2 Å². The predicted molar refractivity (Wildman–Crippen MR) is 102 cm³/mol. The Hall–Kier alpha value is -2.42. The van der Waals surface area contributed by atoms with E-state index in [9.17, 15) is 13.2 Å². The lowest BCUT2D eigenvalue weighted by atomic mass is 9.95. The molecule has 0 atom stereocenters. The number of hydroxylamine groups is 1. The predicted octanol–water partition coefficient (Wildman–Crippen LogP) is 3.01. The van der Waals surface area contributed by atoms with E-state index in [0.717, 1.165) is 5.56 Å². The number of ether oxygens (including phenoxy) is 2. The maximum Gasteiger partial charge on any atom is 0.244 e. The van der Waals surface area contributed by atoms with Gasteiger partial charge in [-0.25, -0.2) is 13.9 Å². The molecule has 1 heterocycles. The van der Waals surface area contributed by atoms with Crippen LogP contribution in [0.4, 0.5) is 0 Å². The van der Waals surface area contributed by atoms with Gasteiger partial charge in [0.15, 0.2) is 9.84 Å². The summed E-state index contributed by atoms with van der Waals surface area (Å²) in [7, 11) is -3.83. The Bertz CT molecular complexity index is 916. The van der Waals surface area contributed by atoms with Crippen LogP contribution in [0.3, 0.4) is 0 Å². The van der Waals surface area contributed by atoms with Gasteiger partial charge in [0, 0.05) is 19.6 Å². The minimum absolute atomic E-state index is 0.108. The van der Waals surface area contributed by atoms with E-state index in [4.69, 9.17) is 14.7 Å². The Morgan fingerprint density at radius 3 is 2.14 bits per heavy atom. The zero-order valence-corrected chi connectivity index (χ0v) is 16.4. The van der Waals surface area contributed by atoms with Gasteiger partial charge in [-0.1, -0.05) is 17.7 Å². The van der Waals surface area contributed by atoms with Crippen molar-refractivity contribution >= 4 is 15.7 Å². The summed E-state index contributed by atoms with van der Waals surface area (Å²) in [5.74, 6) is 0.434. The number of carbonyl (C=O) groups excluding carboxylic acids is 1. The molecule has 0 unspecified atom stereocenters. The first-order valence-electron chi connectivity index (χ1n) is 8.96. The number of sulfone groups is 1. The molecule has 7 nitrogen and oxygen atoms in total. The zero-order chi connectivity index (χ0) is 20.2. The van der Waals surface area contributed by atoms with Gasteiger partial charge in [0.1, 0.15) is 11.5 Å². The van der Waals surface area contributed by atoms with Crippen LogP contribution in [0.1, 0.15) is 24.8 Å². The van der Waals surface area contributed by atoms with Crippen molar-refractivity contribution in [3.63, 3.8) is 0 Å². The summed E-state index contributed by atoms with van der Waals surface area (Å²) >= 11 is 0. The molecule has 1 aliphatic heterocycles. The zero-order valence-electron chi connectivity index (χ0n) is 15.6. The molecule has 2 aromatic carbocycles. The van der Waals surface area contributed by atoms with Crippen molar-refractivity contribution in [2.45, 2.75) is 35.8 Å². The first-order chi connectivity index (χ1) is 13.4. The highest BCUT2D eigenvalue weighted by Gasteiger charge is 2.47. The smallest absolute Gasteiger partial charge is 0.244 e. The quantitative estimate of drug-likeness (QED) is 0.566. The fourth-order valence-electron chi connectivity index (χ4n) is 3.30. The maximum absolute atomic E-state index is 13.3. The van der Waals surface area contributed by atoms with Crippen molar-refractivity contribution in [2.24, 2.45) is 0 Å². The van der Waals surface area contributed by atoms with Gasteiger partial charge in [-0.15, -0.1) is 0 Å². The average Bonchev–Trinajstić information content (AvgIpc) is 2.70. The van der Waals surface area contributed by atoms with E-state index in [-0.39, 0.29) is 37.4 Å². The fraction of sp³-hybridized carbons (Fsp3) is 0.350. The van der Waals surface area contributed by atoms with E-state index in [1.54, 1.807) is 12.1 Å². The van der Waals surface area contributed by atoms with Crippen LogP contribution in [0, 0.1) is 6.92 Å². The third-order valence-electron chi connectivity index (χ3n) is 4.97. The van der Waals surface area contributed by atoms with E-state index in [1.165, 1.54) is 17.6 Å².